The third kappa shape index (κ3) is 3.02. The maximum Gasteiger partial charge on any atom is 0.306 e. The first-order valence-corrected chi connectivity index (χ1v) is 6.85. The lowest BCUT2D eigenvalue weighted by Gasteiger charge is -2.35. The van der Waals surface area contributed by atoms with Crippen molar-refractivity contribution in [1.29, 1.82) is 0 Å². The minimum Gasteiger partial charge on any atom is -0.481 e. The minimum atomic E-state index is -0.761. The largest absolute Gasteiger partial charge is 0.481 e. The van der Waals surface area contributed by atoms with Crippen molar-refractivity contribution in [2.45, 2.75) is 44.6 Å². The van der Waals surface area contributed by atoms with Crippen molar-refractivity contribution in [3.8, 4) is 0 Å². The Morgan fingerprint density at radius 1 is 1.11 bits per heavy atom. The Hall–Kier alpha value is -1.10. The zero-order chi connectivity index (χ0) is 13.1. The first kappa shape index (κ1) is 13.3. The van der Waals surface area contributed by atoms with Crippen LogP contribution in [0.1, 0.15) is 38.5 Å². The third-order valence-electron chi connectivity index (χ3n) is 4.14. The van der Waals surface area contributed by atoms with Gasteiger partial charge in [0.25, 0.3) is 0 Å². The molecule has 0 aromatic rings. The molecule has 1 aliphatic carbocycles. The van der Waals surface area contributed by atoms with E-state index >= 15 is 0 Å². The van der Waals surface area contributed by atoms with E-state index in [1.807, 2.05) is 4.90 Å². The molecule has 1 saturated heterocycles. The predicted octanol–water partition coefficient (Wildman–Crippen LogP) is 0.827. The summed E-state index contributed by atoms with van der Waals surface area (Å²) >= 11 is 0. The number of likely N-dealkylation sites (tertiary alicyclic amines) is 1. The smallest absolute Gasteiger partial charge is 0.306 e. The molecule has 0 bridgehead atoms. The number of hydrogen-bond acceptors (Lipinski definition) is 3. The lowest BCUT2D eigenvalue weighted by Crippen LogP contribution is -2.48. The molecule has 1 heterocycles. The molecule has 2 fully saturated rings. The van der Waals surface area contributed by atoms with E-state index in [-0.39, 0.29) is 23.8 Å². The summed E-state index contributed by atoms with van der Waals surface area (Å²) in [5.74, 6) is -1.09. The van der Waals surface area contributed by atoms with Crippen LogP contribution in [0.2, 0.25) is 0 Å². The Balaban J connectivity index is 1.93. The van der Waals surface area contributed by atoms with E-state index in [1.165, 1.54) is 0 Å². The number of nitrogens with zero attached hydrogens (tertiary/aromatic N) is 1. The summed E-state index contributed by atoms with van der Waals surface area (Å²) in [6.07, 6.45) is 4.81. The molecule has 102 valence electrons. The molecule has 2 rings (SSSR count). The molecule has 3 N–H and O–H groups in total. The maximum absolute atomic E-state index is 12.3. The molecule has 1 saturated carbocycles. The molecular formula is C13H22N2O3. The van der Waals surface area contributed by atoms with Crippen LogP contribution in [0.15, 0.2) is 0 Å². The Kier molecular flexibility index (Phi) is 4.22. The summed E-state index contributed by atoms with van der Waals surface area (Å²) in [7, 11) is 0. The van der Waals surface area contributed by atoms with Gasteiger partial charge >= 0.3 is 5.97 Å². The molecule has 3 unspecified atom stereocenters. The van der Waals surface area contributed by atoms with Gasteiger partial charge in [-0.3, -0.25) is 9.59 Å². The molecular weight excluding hydrogens is 232 g/mol. The highest BCUT2D eigenvalue weighted by Crippen LogP contribution is 2.31. The first-order valence-electron chi connectivity index (χ1n) is 6.85. The van der Waals surface area contributed by atoms with Crippen LogP contribution in [0.3, 0.4) is 0 Å². The van der Waals surface area contributed by atoms with E-state index < -0.39 is 5.97 Å². The molecule has 0 aromatic heterocycles. The number of hydrogen-bond donors (Lipinski definition) is 2. The number of carboxylic acid groups (broad SMARTS) is 1. The Morgan fingerprint density at radius 2 is 1.83 bits per heavy atom. The number of nitrogens with two attached hydrogens (primary N) is 1. The molecule has 1 aliphatic heterocycles. The van der Waals surface area contributed by atoms with Crippen molar-refractivity contribution in [3.05, 3.63) is 0 Å². The fourth-order valence-electron chi connectivity index (χ4n) is 3.11. The van der Waals surface area contributed by atoms with Crippen molar-refractivity contribution < 1.29 is 14.7 Å². The average Bonchev–Trinajstić information content (AvgIpc) is 2.38. The van der Waals surface area contributed by atoms with Gasteiger partial charge < -0.3 is 15.7 Å². The van der Waals surface area contributed by atoms with Gasteiger partial charge in [0, 0.05) is 25.0 Å². The SMILES string of the molecule is NC1CCCN(C(=O)C2CCCC(C(=O)O)C2)C1. The lowest BCUT2D eigenvalue weighted by atomic mass is 9.80. The average molecular weight is 254 g/mol. The summed E-state index contributed by atoms with van der Waals surface area (Å²) in [4.78, 5) is 25.2. The molecule has 5 nitrogen and oxygen atoms in total. The van der Waals surface area contributed by atoms with Crippen LogP contribution in [-0.2, 0) is 9.59 Å². The van der Waals surface area contributed by atoms with Crippen LogP contribution in [0.4, 0.5) is 0 Å². The first-order chi connectivity index (χ1) is 8.58. The highest BCUT2D eigenvalue weighted by atomic mass is 16.4. The van der Waals surface area contributed by atoms with Crippen molar-refractivity contribution in [1.82, 2.24) is 4.90 Å². The highest BCUT2D eigenvalue weighted by Gasteiger charge is 2.34. The second kappa shape index (κ2) is 5.69. The molecule has 2 aliphatic rings. The van der Waals surface area contributed by atoms with Gasteiger partial charge in [0.1, 0.15) is 0 Å². The highest BCUT2D eigenvalue weighted by molar-refractivity contribution is 5.80. The number of carboxylic acids is 1. The number of carbonyl (C=O) groups is 2. The second-order valence-electron chi connectivity index (χ2n) is 5.59. The van der Waals surface area contributed by atoms with E-state index in [0.29, 0.717) is 19.4 Å². The zero-order valence-electron chi connectivity index (χ0n) is 10.7. The molecule has 0 aromatic carbocycles. The van der Waals surface area contributed by atoms with Gasteiger partial charge in [-0.05, 0) is 32.1 Å². The molecule has 0 radical (unpaired) electrons. The van der Waals surface area contributed by atoms with Crippen LogP contribution in [0.25, 0.3) is 0 Å². The number of amides is 1. The van der Waals surface area contributed by atoms with Gasteiger partial charge in [0.05, 0.1) is 5.92 Å². The van der Waals surface area contributed by atoms with E-state index in [0.717, 1.165) is 32.2 Å². The predicted molar refractivity (Wildman–Crippen MR) is 66.9 cm³/mol. The van der Waals surface area contributed by atoms with Crippen LogP contribution < -0.4 is 5.73 Å². The number of piperidine rings is 1. The van der Waals surface area contributed by atoms with Gasteiger partial charge in [0.2, 0.25) is 5.91 Å². The maximum atomic E-state index is 12.3. The van der Waals surface area contributed by atoms with Crippen molar-refractivity contribution in [3.63, 3.8) is 0 Å². The lowest BCUT2D eigenvalue weighted by molar-refractivity contribution is -0.145. The van der Waals surface area contributed by atoms with Gasteiger partial charge in [-0.2, -0.15) is 0 Å². The Labute approximate surface area is 107 Å². The van der Waals surface area contributed by atoms with E-state index in [9.17, 15) is 9.59 Å². The molecule has 18 heavy (non-hydrogen) atoms. The Bertz CT molecular complexity index is 332. The summed E-state index contributed by atoms with van der Waals surface area (Å²) in [5.41, 5.74) is 5.88. The molecule has 3 atom stereocenters. The molecule has 5 heteroatoms. The fourth-order valence-corrected chi connectivity index (χ4v) is 3.11. The van der Waals surface area contributed by atoms with Crippen molar-refractivity contribution >= 4 is 11.9 Å². The van der Waals surface area contributed by atoms with Crippen LogP contribution >= 0.6 is 0 Å². The van der Waals surface area contributed by atoms with Crippen LogP contribution in [-0.4, -0.2) is 41.0 Å². The second-order valence-corrected chi connectivity index (χ2v) is 5.59. The summed E-state index contributed by atoms with van der Waals surface area (Å²) in [6.45, 7) is 1.41. The fraction of sp³-hybridized carbons (Fsp3) is 0.846. The summed E-state index contributed by atoms with van der Waals surface area (Å²) in [5, 5.41) is 9.05. The third-order valence-corrected chi connectivity index (χ3v) is 4.14. The van der Waals surface area contributed by atoms with Gasteiger partial charge in [-0.25, -0.2) is 0 Å². The quantitative estimate of drug-likeness (QED) is 0.764. The standard InChI is InChI=1S/C13H22N2O3/c14-11-5-2-6-15(8-11)12(16)9-3-1-4-10(7-9)13(17)18/h9-11H,1-8,14H2,(H,17,18). The van der Waals surface area contributed by atoms with Crippen LogP contribution in [0.5, 0.6) is 0 Å². The number of aliphatic carboxylic acids is 1. The van der Waals surface area contributed by atoms with E-state index in [1.54, 1.807) is 0 Å². The van der Waals surface area contributed by atoms with E-state index in [4.69, 9.17) is 10.8 Å². The Morgan fingerprint density at radius 3 is 2.50 bits per heavy atom. The van der Waals surface area contributed by atoms with Gasteiger partial charge in [-0.15, -0.1) is 0 Å². The topological polar surface area (TPSA) is 83.6 Å². The van der Waals surface area contributed by atoms with Gasteiger partial charge in [-0.1, -0.05) is 6.42 Å². The van der Waals surface area contributed by atoms with Crippen LogP contribution in [0, 0.1) is 11.8 Å². The number of rotatable bonds is 2. The van der Waals surface area contributed by atoms with Crippen molar-refractivity contribution in [2.75, 3.05) is 13.1 Å². The van der Waals surface area contributed by atoms with Crippen molar-refractivity contribution in [2.24, 2.45) is 17.6 Å². The molecule has 1 amide bonds. The summed E-state index contributed by atoms with van der Waals surface area (Å²) in [6, 6.07) is 0.0848. The summed E-state index contributed by atoms with van der Waals surface area (Å²) < 4.78 is 0. The molecule has 0 spiro atoms. The normalized spacial score (nSPS) is 33.2. The number of carbonyl (C=O) groups excluding carboxylic acids is 1. The van der Waals surface area contributed by atoms with Gasteiger partial charge in [0.15, 0.2) is 0 Å². The monoisotopic (exact) mass is 254 g/mol. The zero-order valence-corrected chi connectivity index (χ0v) is 10.7. The minimum absolute atomic E-state index is 0.0848. The van der Waals surface area contributed by atoms with E-state index in [2.05, 4.69) is 0 Å².